The minimum absolute atomic E-state index is 0.441. The summed E-state index contributed by atoms with van der Waals surface area (Å²) in [4.78, 5) is 20.0. The number of carboxylic acid groups (broad SMARTS) is 1. The number of hydrogen-bond donors (Lipinski definition) is 1. The summed E-state index contributed by atoms with van der Waals surface area (Å²) in [7, 11) is 0. The Morgan fingerprint density at radius 1 is 1.89 bits per heavy atom. The standard InChI is InChI=1S/C5H8O3S/c1-2-9-4(3-6)5(7)8/h3-4H,2H2,1H3,(H,7,8). The van der Waals surface area contributed by atoms with Crippen LogP contribution in [0.4, 0.5) is 0 Å². The Balaban J connectivity index is 3.68. The first-order valence-electron chi connectivity index (χ1n) is 2.52. The minimum Gasteiger partial charge on any atom is -0.480 e. The molecule has 0 aromatic rings. The van der Waals surface area contributed by atoms with Gasteiger partial charge in [-0.1, -0.05) is 6.92 Å². The maximum absolute atomic E-state index is 10.1. The maximum atomic E-state index is 10.1. The summed E-state index contributed by atoms with van der Waals surface area (Å²) < 4.78 is 0. The molecule has 0 saturated carbocycles. The molecule has 0 aliphatic rings. The van der Waals surface area contributed by atoms with Crippen LogP contribution in [0, 0.1) is 0 Å². The smallest absolute Gasteiger partial charge is 0.323 e. The predicted octanol–water partition coefficient (Wildman–Crippen LogP) is 0.392. The highest BCUT2D eigenvalue weighted by Gasteiger charge is 2.14. The molecule has 0 aliphatic heterocycles. The van der Waals surface area contributed by atoms with E-state index in [1.165, 1.54) is 0 Å². The molecule has 52 valence electrons. The van der Waals surface area contributed by atoms with Gasteiger partial charge in [-0.05, 0) is 5.75 Å². The van der Waals surface area contributed by atoms with Crippen LogP contribution in [-0.4, -0.2) is 28.4 Å². The molecule has 0 amide bonds. The minimum atomic E-state index is -1.06. The average molecular weight is 148 g/mol. The molecular formula is C5H8O3S. The van der Waals surface area contributed by atoms with Crippen LogP contribution in [-0.2, 0) is 9.59 Å². The van der Waals surface area contributed by atoms with Gasteiger partial charge in [-0.25, -0.2) is 0 Å². The molecule has 0 fully saturated rings. The van der Waals surface area contributed by atoms with Crippen molar-refractivity contribution < 1.29 is 14.7 Å². The van der Waals surface area contributed by atoms with Crippen LogP contribution >= 0.6 is 11.8 Å². The molecule has 0 saturated heterocycles. The van der Waals surface area contributed by atoms with E-state index < -0.39 is 11.2 Å². The van der Waals surface area contributed by atoms with Crippen LogP contribution in [0.2, 0.25) is 0 Å². The van der Waals surface area contributed by atoms with Crippen LogP contribution < -0.4 is 0 Å². The number of aliphatic carboxylic acids is 1. The highest BCUT2D eigenvalue weighted by molar-refractivity contribution is 8.01. The molecule has 0 spiro atoms. The number of rotatable bonds is 4. The van der Waals surface area contributed by atoms with Crippen molar-refractivity contribution >= 4 is 24.0 Å². The van der Waals surface area contributed by atoms with E-state index in [2.05, 4.69) is 0 Å². The topological polar surface area (TPSA) is 54.4 Å². The molecule has 1 unspecified atom stereocenters. The van der Waals surface area contributed by atoms with Crippen molar-refractivity contribution in [3.63, 3.8) is 0 Å². The molecule has 9 heavy (non-hydrogen) atoms. The third kappa shape index (κ3) is 3.13. The van der Waals surface area contributed by atoms with E-state index in [4.69, 9.17) is 5.11 Å². The summed E-state index contributed by atoms with van der Waals surface area (Å²) in [6, 6.07) is 0. The number of hydrogen-bond acceptors (Lipinski definition) is 3. The summed E-state index contributed by atoms with van der Waals surface area (Å²) in [5.41, 5.74) is 0. The maximum Gasteiger partial charge on any atom is 0.323 e. The Labute approximate surface area is 57.4 Å². The fraction of sp³-hybridized carbons (Fsp3) is 0.600. The van der Waals surface area contributed by atoms with E-state index in [1.54, 1.807) is 0 Å². The van der Waals surface area contributed by atoms with E-state index in [1.807, 2.05) is 6.92 Å². The van der Waals surface area contributed by atoms with Crippen LogP contribution in [0.5, 0.6) is 0 Å². The molecule has 0 radical (unpaired) electrons. The van der Waals surface area contributed by atoms with E-state index >= 15 is 0 Å². The highest BCUT2D eigenvalue weighted by atomic mass is 32.2. The highest BCUT2D eigenvalue weighted by Crippen LogP contribution is 2.06. The van der Waals surface area contributed by atoms with Gasteiger partial charge in [0.2, 0.25) is 0 Å². The molecule has 3 nitrogen and oxygen atoms in total. The molecule has 0 aliphatic carbocycles. The molecule has 0 heterocycles. The van der Waals surface area contributed by atoms with Gasteiger partial charge in [-0.2, -0.15) is 0 Å². The molecule has 4 heteroatoms. The fourth-order valence-corrected chi connectivity index (χ4v) is 0.929. The molecule has 0 rings (SSSR count). The van der Waals surface area contributed by atoms with Crippen LogP contribution in [0.15, 0.2) is 0 Å². The lowest BCUT2D eigenvalue weighted by atomic mass is 10.5. The first-order chi connectivity index (χ1) is 4.22. The lowest BCUT2D eigenvalue weighted by Gasteiger charge is -1.98. The summed E-state index contributed by atoms with van der Waals surface area (Å²) >= 11 is 1.12. The van der Waals surface area contributed by atoms with Gasteiger partial charge in [0.25, 0.3) is 0 Å². The summed E-state index contributed by atoms with van der Waals surface area (Å²) in [6.45, 7) is 1.81. The molecule has 1 atom stereocenters. The van der Waals surface area contributed by atoms with Crippen molar-refractivity contribution in [1.29, 1.82) is 0 Å². The third-order valence-corrected chi connectivity index (χ3v) is 1.72. The Bertz CT molecular complexity index is 113. The Hall–Kier alpha value is -0.510. The van der Waals surface area contributed by atoms with Crippen molar-refractivity contribution in [1.82, 2.24) is 0 Å². The van der Waals surface area contributed by atoms with E-state index in [0.29, 0.717) is 12.0 Å². The van der Waals surface area contributed by atoms with Crippen LogP contribution in [0.25, 0.3) is 0 Å². The zero-order chi connectivity index (χ0) is 7.28. The van der Waals surface area contributed by atoms with Crippen molar-refractivity contribution in [3.05, 3.63) is 0 Å². The number of carbonyl (C=O) groups is 2. The lowest BCUT2D eigenvalue weighted by Crippen LogP contribution is -2.17. The van der Waals surface area contributed by atoms with Gasteiger partial charge in [0.05, 0.1) is 0 Å². The van der Waals surface area contributed by atoms with Crippen molar-refractivity contribution in [2.45, 2.75) is 12.2 Å². The number of carbonyl (C=O) groups excluding carboxylic acids is 1. The van der Waals surface area contributed by atoms with Gasteiger partial charge in [-0.3, -0.25) is 4.79 Å². The number of thioether (sulfide) groups is 1. The van der Waals surface area contributed by atoms with E-state index in [9.17, 15) is 9.59 Å². The normalized spacial score (nSPS) is 12.6. The number of carboxylic acids is 1. The SMILES string of the molecule is CCSC(C=O)C(=O)O. The van der Waals surface area contributed by atoms with E-state index in [0.717, 1.165) is 11.8 Å². The lowest BCUT2D eigenvalue weighted by molar-refractivity contribution is -0.137. The second-order valence-electron chi connectivity index (χ2n) is 1.35. The molecular weight excluding hydrogens is 140 g/mol. The van der Waals surface area contributed by atoms with Gasteiger partial charge < -0.3 is 9.90 Å². The Morgan fingerprint density at radius 2 is 2.44 bits per heavy atom. The predicted molar refractivity (Wildman–Crippen MR) is 35.6 cm³/mol. The monoisotopic (exact) mass is 148 g/mol. The van der Waals surface area contributed by atoms with Crippen molar-refractivity contribution in [2.24, 2.45) is 0 Å². The van der Waals surface area contributed by atoms with Gasteiger partial charge in [0, 0.05) is 0 Å². The van der Waals surface area contributed by atoms with Gasteiger partial charge >= 0.3 is 5.97 Å². The van der Waals surface area contributed by atoms with Crippen LogP contribution in [0.3, 0.4) is 0 Å². The Kier molecular flexibility index (Phi) is 4.13. The second kappa shape index (κ2) is 4.38. The van der Waals surface area contributed by atoms with Gasteiger partial charge in [0.15, 0.2) is 5.25 Å². The van der Waals surface area contributed by atoms with Gasteiger partial charge in [0.1, 0.15) is 6.29 Å². The zero-order valence-electron chi connectivity index (χ0n) is 5.03. The van der Waals surface area contributed by atoms with Crippen molar-refractivity contribution in [3.8, 4) is 0 Å². The summed E-state index contributed by atoms with van der Waals surface area (Å²) in [5, 5.41) is 7.37. The zero-order valence-corrected chi connectivity index (χ0v) is 5.85. The molecule has 0 aromatic carbocycles. The Morgan fingerprint density at radius 3 is 2.56 bits per heavy atom. The molecule has 0 bridgehead atoms. The van der Waals surface area contributed by atoms with E-state index in [-0.39, 0.29) is 0 Å². The largest absolute Gasteiger partial charge is 0.480 e. The van der Waals surface area contributed by atoms with Gasteiger partial charge in [-0.15, -0.1) is 11.8 Å². The first kappa shape index (κ1) is 8.49. The van der Waals surface area contributed by atoms with Crippen LogP contribution in [0.1, 0.15) is 6.92 Å². The van der Waals surface area contributed by atoms with Crippen molar-refractivity contribution in [2.75, 3.05) is 5.75 Å². The quantitative estimate of drug-likeness (QED) is 0.463. The molecule has 0 aromatic heterocycles. The second-order valence-corrected chi connectivity index (χ2v) is 2.77. The average Bonchev–Trinajstić information content (AvgIpc) is 1.82. The number of aldehydes is 1. The fourth-order valence-electron chi connectivity index (χ4n) is 0.348. The summed E-state index contributed by atoms with van der Waals surface area (Å²) in [6.07, 6.45) is 0.441. The molecule has 1 N–H and O–H groups in total. The first-order valence-corrected chi connectivity index (χ1v) is 3.57. The summed E-state index contributed by atoms with van der Waals surface area (Å²) in [5.74, 6) is -0.410. The third-order valence-electron chi connectivity index (χ3n) is 0.713.